The van der Waals surface area contributed by atoms with Crippen molar-refractivity contribution in [1.29, 1.82) is 0 Å². The van der Waals surface area contributed by atoms with Gasteiger partial charge < -0.3 is 9.73 Å². The minimum Gasteiger partial charge on any atom is -0.451 e. The minimum atomic E-state index is -0.527. The Kier molecular flexibility index (Phi) is 5.86. The molecule has 0 aliphatic carbocycles. The third-order valence-electron chi connectivity index (χ3n) is 4.14. The summed E-state index contributed by atoms with van der Waals surface area (Å²) in [6.45, 7) is 4.08. The van der Waals surface area contributed by atoms with Crippen molar-refractivity contribution < 1.29 is 14.1 Å². The second-order valence-electron chi connectivity index (χ2n) is 6.43. The van der Waals surface area contributed by atoms with Gasteiger partial charge in [-0.25, -0.2) is 0 Å². The van der Waals surface area contributed by atoms with Crippen LogP contribution in [0.3, 0.4) is 0 Å². The van der Waals surface area contributed by atoms with Gasteiger partial charge in [0.25, 0.3) is 11.6 Å². The second-order valence-corrected chi connectivity index (χ2v) is 7.75. The molecule has 1 aromatic heterocycles. The Hall–Kier alpha value is -2.64. The largest absolute Gasteiger partial charge is 0.451 e. The van der Waals surface area contributed by atoms with Crippen LogP contribution in [0.1, 0.15) is 35.9 Å². The molecule has 144 valence electrons. The summed E-state index contributed by atoms with van der Waals surface area (Å²) in [6, 6.07) is 12.9. The third-order valence-corrected chi connectivity index (χ3v) is 4.95. The second kappa shape index (κ2) is 8.16. The lowest BCUT2D eigenvalue weighted by Gasteiger charge is -2.13. The van der Waals surface area contributed by atoms with E-state index in [2.05, 4.69) is 21.2 Å². The first-order chi connectivity index (χ1) is 13.3. The van der Waals surface area contributed by atoms with E-state index in [4.69, 9.17) is 16.0 Å². The predicted octanol–water partition coefficient (Wildman–Crippen LogP) is 6.65. The van der Waals surface area contributed by atoms with Crippen LogP contribution in [0.4, 0.5) is 11.4 Å². The number of rotatable bonds is 5. The van der Waals surface area contributed by atoms with Crippen LogP contribution < -0.4 is 5.32 Å². The summed E-state index contributed by atoms with van der Waals surface area (Å²) >= 11 is 9.57. The first kappa shape index (κ1) is 20.1. The number of nitrogens with one attached hydrogen (secondary N) is 1. The quantitative estimate of drug-likeness (QED) is 0.339. The molecule has 0 saturated heterocycles. The van der Waals surface area contributed by atoms with Crippen LogP contribution in [0.5, 0.6) is 0 Å². The van der Waals surface area contributed by atoms with Crippen molar-refractivity contribution in [3.05, 3.63) is 79.5 Å². The Balaban J connectivity index is 1.85. The topological polar surface area (TPSA) is 85.4 Å². The maximum atomic E-state index is 12.6. The van der Waals surface area contributed by atoms with E-state index in [9.17, 15) is 14.9 Å². The van der Waals surface area contributed by atoms with E-state index in [0.717, 1.165) is 10.0 Å². The lowest BCUT2D eigenvalue weighted by Crippen LogP contribution is -2.12. The van der Waals surface area contributed by atoms with Gasteiger partial charge >= 0.3 is 0 Å². The summed E-state index contributed by atoms with van der Waals surface area (Å²) in [5, 5.41) is 13.9. The third kappa shape index (κ3) is 4.26. The average Bonchev–Trinajstić information content (AvgIpc) is 3.12. The number of nitro groups is 1. The molecule has 0 aliphatic heterocycles. The van der Waals surface area contributed by atoms with Crippen LogP contribution in [0.25, 0.3) is 11.3 Å². The van der Waals surface area contributed by atoms with Crippen LogP contribution in [0, 0.1) is 10.1 Å². The molecular weight excluding hydrogens is 448 g/mol. The molecule has 0 aliphatic rings. The number of nitro benzene ring substituents is 1. The molecule has 0 atom stereocenters. The molecule has 3 aromatic rings. The minimum absolute atomic E-state index is 0.113. The number of hydrogen-bond acceptors (Lipinski definition) is 4. The summed E-state index contributed by atoms with van der Waals surface area (Å²) in [5.74, 6) is 0.291. The van der Waals surface area contributed by atoms with Gasteiger partial charge in [-0.1, -0.05) is 41.4 Å². The lowest BCUT2D eigenvalue weighted by molar-refractivity contribution is -0.384. The molecule has 1 N–H and O–H groups in total. The van der Waals surface area contributed by atoms with Gasteiger partial charge in [-0.2, -0.15) is 0 Å². The van der Waals surface area contributed by atoms with Crippen LogP contribution in [0.2, 0.25) is 5.02 Å². The van der Waals surface area contributed by atoms with Crippen LogP contribution in [-0.4, -0.2) is 10.8 Å². The normalized spacial score (nSPS) is 10.9. The number of carbonyl (C=O) groups is 1. The molecule has 0 fully saturated rings. The van der Waals surface area contributed by atoms with Gasteiger partial charge in [0.15, 0.2) is 5.76 Å². The molecule has 8 heteroatoms. The van der Waals surface area contributed by atoms with E-state index in [0.29, 0.717) is 17.0 Å². The smallest absolute Gasteiger partial charge is 0.291 e. The highest BCUT2D eigenvalue weighted by atomic mass is 79.9. The Labute approximate surface area is 174 Å². The highest BCUT2D eigenvalue weighted by Gasteiger charge is 2.18. The van der Waals surface area contributed by atoms with Crippen LogP contribution >= 0.6 is 27.5 Å². The van der Waals surface area contributed by atoms with Gasteiger partial charge in [0.2, 0.25) is 0 Å². The van der Waals surface area contributed by atoms with Crippen LogP contribution in [0.15, 0.2) is 57.4 Å². The van der Waals surface area contributed by atoms with E-state index in [1.165, 1.54) is 24.3 Å². The van der Waals surface area contributed by atoms with Crippen molar-refractivity contribution in [1.82, 2.24) is 0 Å². The highest BCUT2D eigenvalue weighted by Crippen LogP contribution is 2.33. The van der Waals surface area contributed by atoms with Gasteiger partial charge in [0.1, 0.15) is 5.76 Å². The average molecular weight is 464 g/mol. The number of anilines is 1. The molecule has 0 radical (unpaired) electrons. The monoisotopic (exact) mass is 462 g/mol. The number of furan rings is 1. The molecule has 0 spiro atoms. The standard InChI is InChI=1S/C20H16BrClN2O4/c1-11(2)15-9-12(21)3-6-17(15)23-20(25)19-8-7-18(28-19)14-5-4-13(24(26)27)10-16(14)22/h3-11H,1-2H3,(H,23,25). The zero-order valence-corrected chi connectivity index (χ0v) is 17.4. The number of carbonyl (C=O) groups excluding carboxylic acids is 1. The van der Waals surface area contributed by atoms with Gasteiger partial charge in [-0.15, -0.1) is 0 Å². The Morgan fingerprint density at radius 3 is 2.57 bits per heavy atom. The summed E-state index contributed by atoms with van der Waals surface area (Å²) in [4.78, 5) is 22.9. The lowest BCUT2D eigenvalue weighted by atomic mass is 10.0. The van der Waals surface area contributed by atoms with Gasteiger partial charge in [-0.3, -0.25) is 14.9 Å². The number of hydrogen-bond donors (Lipinski definition) is 1. The molecule has 0 unspecified atom stereocenters. The van der Waals surface area contributed by atoms with Crippen LogP contribution in [-0.2, 0) is 0 Å². The van der Waals surface area contributed by atoms with E-state index in [-0.39, 0.29) is 22.4 Å². The maximum Gasteiger partial charge on any atom is 0.291 e. The molecule has 2 aromatic carbocycles. The fraction of sp³-hybridized carbons (Fsp3) is 0.150. The summed E-state index contributed by atoms with van der Waals surface area (Å²) in [6.07, 6.45) is 0. The van der Waals surface area contributed by atoms with Crippen molar-refractivity contribution in [3.8, 4) is 11.3 Å². The summed E-state index contributed by atoms with van der Waals surface area (Å²) in [7, 11) is 0. The number of halogens is 2. The SMILES string of the molecule is CC(C)c1cc(Br)ccc1NC(=O)c1ccc(-c2ccc([N+](=O)[O-])cc2Cl)o1. The van der Waals surface area contributed by atoms with Crippen molar-refractivity contribution in [2.24, 2.45) is 0 Å². The maximum absolute atomic E-state index is 12.6. The fourth-order valence-corrected chi connectivity index (χ4v) is 3.38. The zero-order valence-electron chi connectivity index (χ0n) is 15.0. The Morgan fingerprint density at radius 2 is 1.93 bits per heavy atom. The molecule has 0 bridgehead atoms. The first-order valence-corrected chi connectivity index (χ1v) is 9.58. The first-order valence-electron chi connectivity index (χ1n) is 8.41. The van der Waals surface area contributed by atoms with Gasteiger partial charge in [-0.05, 0) is 47.9 Å². The van der Waals surface area contributed by atoms with E-state index in [1.807, 2.05) is 32.0 Å². The number of benzene rings is 2. The molecule has 28 heavy (non-hydrogen) atoms. The Bertz CT molecular complexity index is 1060. The summed E-state index contributed by atoms with van der Waals surface area (Å²) < 4.78 is 6.57. The fourth-order valence-electron chi connectivity index (χ4n) is 2.73. The van der Waals surface area contributed by atoms with E-state index < -0.39 is 10.8 Å². The molecule has 1 amide bonds. The predicted molar refractivity (Wildman–Crippen MR) is 112 cm³/mol. The van der Waals surface area contributed by atoms with Gasteiger partial charge in [0.05, 0.1) is 9.95 Å². The highest BCUT2D eigenvalue weighted by molar-refractivity contribution is 9.10. The van der Waals surface area contributed by atoms with E-state index >= 15 is 0 Å². The number of nitrogens with zero attached hydrogens (tertiary/aromatic N) is 1. The Morgan fingerprint density at radius 1 is 1.18 bits per heavy atom. The molecule has 3 rings (SSSR count). The summed E-state index contributed by atoms with van der Waals surface area (Å²) in [5.41, 5.74) is 2.05. The molecule has 0 saturated carbocycles. The molecule has 1 heterocycles. The van der Waals surface area contributed by atoms with E-state index in [1.54, 1.807) is 6.07 Å². The zero-order chi connectivity index (χ0) is 20.4. The van der Waals surface area contributed by atoms with Crippen molar-refractivity contribution >= 4 is 44.8 Å². The van der Waals surface area contributed by atoms with Crippen molar-refractivity contribution in [3.63, 3.8) is 0 Å². The van der Waals surface area contributed by atoms with Crippen molar-refractivity contribution in [2.45, 2.75) is 19.8 Å². The van der Waals surface area contributed by atoms with Gasteiger partial charge in [0, 0.05) is 27.9 Å². The molecule has 6 nitrogen and oxygen atoms in total. The van der Waals surface area contributed by atoms with Crippen molar-refractivity contribution in [2.75, 3.05) is 5.32 Å². The number of amides is 1. The molecular formula is C20H16BrClN2O4. The number of non-ortho nitro benzene ring substituents is 1.